The summed E-state index contributed by atoms with van der Waals surface area (Å²) >= 11 is 0. The molecule has 134 valence electrons. The number of anilines is 1. The number of rotatable bonds is 6. The molecule has 0 saturated carbocycles. The molecule has 5 N–H and O–H groups in total. The summed E-state index contributed by atoms with van der Waals surface area (Å²) in [4.78, 5) is 19.7. The van der Waals surface area contributed by atoms with Crippen molar-refractivity contribution in [3.8, 4) is 17.2 Å². The van der Waals surface area contributed by atoms with Crippen molar-refractivity contribution in [1.82, 2.24) is 15.4 Å². The highest BCUT2D eigenvalue weighted by Gasteiger charge is 2.18. The van der Waals surface area contributed by atoms with Gasteiger partial charge in [0.25, 0.3) is 0 Å². The molecule has 1 aromatic carbocycles. The molecule has 10 nitrogen and oxygen atoms in total. The zero-order valence-electron chi connectivity index (χ0n) is 14.1. The molecule has 1 aromatic heterocycles. The van der Waals surface area contributed by atoms with E-state index in [1.807, 2.05) is 5.43 Å². The number of nitrogens with one attached hydrogen (secondary N) is 1. The van der Waals surface area contributed by atoms with Crippen LogP contribution in [0.3, 0.4) is 0 Å². The SMILES string of the molecule is COc1cc(Cc2cncnc2N(N)C(=O)NN)cc(OC)c1OC. The normalized spacial score (nSPS) is 10.1. The molecule has 0 aliphatic carbocycles. The standard InChI is InChI=1S/C15H20N6O4/c1-23-11-5-9(6-12(24-2)13(11)25-3)4-10-7-18-8-19-14(10)21(17)15(22)20-16/h5-8H,4,16-17H2,1-3H3,(H,20,22). The fourth-order valence-corrected chi connectivity index (χ4v) is 2.32. The number of carbonyl (C=O) groups excluding carboxylic acids is 1. The van der Waals surface area contributed by atoms with Crippen LogP contribution in [0.5, 0.6) is 17.2 Å². The number of urea groups is 1. The summed E-state index contributed by atoms with van der Waals surface area (Å²) < 4.78 is 16.0. The Labute approximate surface area is 144 Å². The van der Waals surface area contributed by atoms with Crippen molar-refractivity contribution < 1.29 is 19.0 Å². The Morgan fingerprint density at radius 2 is 1.84 bits per heavy atom. The molecule has 0 radical (unpaired) electrons. The monoisotopic (exact) mass is 348 g/mol. The van der Waals surface area contributed by atoms with E-state index in [1.165, 1.54) is 27.7 Å². The summed E-state index contributed by atoms with van der Waals surface area (Å²) in [6.07, 6.45) is 3.23. The molecular weight excluding hydrogens is 328 g/mol. The highest BCUT2D eigenvalue weighted by Crippen LogP contribution is 2.38. The zero-order valence-corrected chi connectivity index (χ0v) is 14.1. The first-order chi connectivity index (χ1) is 12.0. The number of hydrogen-bond donors (Lipinski definition) is 3. The van der Waals surface area contributed by atoms with Crippen LogP contribution >= 0.6 is 0 Å². The average Bonchev–Trinajstić information content (AvgIpc) is 2.66. The Balaban J connectivity index is 2.42. The van der Waals surface area contributed by atoms with E-state index < -0.39 is 6.03 Å². The Morgan fingerprint density at radius 3 is 2.36 bits per heavy atom. The van der Waals surface area contributed by atoms with Crippen LogP contribution in [0.2, 0.25) is 0 Å². The van der Waals surface area contributed by atoms with E-state index in [9.17, 15) is 4.79 Å². The minimum absolute atomic E-state index is 0.228. The number of benzene rings is 1. The molecular formula is C15H20N6O4. The third-order valence-electron chi connectivity index (χ3n) is 3.45. The number of amides is 2. The van der Waals surface area contributed by atoms with Gasteiger partial charge in [0.05, 0.1) is 21.3 Å². The number of aromatic nitrogens is 2. The van der Waals surface area contributed by atoms with Gasteiger partial charge in [-0.3, -0.25) is 5.43 Å². The zero-order chi connectivity index (χ0) is 18.4. The summed E-state index contributed by atoms with van der Waals surface area (Å²) in [7, 11) is 4.59. The molecule has 2 amide bonds. The maximum absolute atomic E-state index is 11.6. The van der Waals surface area contributed by atoms with Crippen LogP contribution in [-0.2, 0) is 6.42 Å². The highest BCUT2D eigenvalue weighted by molar-refractivity contribution is 5.89. The van der Waals surface area contributed by atoms with Gasteiger partial charge in [0.2, 0.25) is 5.75 Å². The van der Waals surface area contributed by atoms with E-state index in [0.29, 0.717) is 29.2 Å². The van der Waals surface area contributed by atoms with Crippen LogP contribution in [0.15, 0.2) is 24.7 Å². The first kappa shape index (κ1) is 18.2. The maximum atomic E-state index is 11.6. The molecule has 0 spiro atoms. The number of methoxy groups -OCH3 is 3. The number of nitrogens with zero attached hydrogens (tertiary/aromatic N) is 3. The Hall–Kier alpha value is -3.11. The van der Waals surface area contributed by atoms with Crippen molar-refractivity contribution in [3.05, 3.63) is 35.8 Å². The highest BCUT2D eigenvalue weighted by atomic mass is 16.5. The van der Waals surface area contributed by atoms with E-state index in [-0.39, 0.29) is 5.82 Å². The molecule has 0 bridgehead atoms. The Kier molecular flexibility index (Phi) is 5.93. The molecule has 2 rings (SSSR count). The lowest BCUT2D eigenvalue weighted by Gasteiger charge is -2.18. The van der Waals surface area contributed by atoms with Crippen molar-refractivity contribution in [1.29, 1.82) is 0 Å². The van der Waals surface area contributed by atoms with E-state index >= 15 is 0 Å². The first-order valence-electron chi connectivity index (χ1n) is 7.18. The molecule has 0 saturated heterocycles. The number of nitrogens with two attached hydrogens (primary N) is 2. The molecule has 0 aliphatic rings. The van der Waals surface area contributed by atoms with Gasteiger partial charge in [0.15, 0.2) is 17.3 Å². The maximum Gasteiger partial charge on any atom is 0.351 e. The molecule has 0 aliphatic heterocycles. The van der Waals surface area contributed by atoms with Crippen LogP contribution < -0.4 is 36.3 Å². The largest absolute Gasteiger partial charge is 0.493 e. The summed E-state index contributed by atoms with van der Waals surface area (Å²) in [5, 5.41) is 0.814. The lowest BCUT2D eigenvalue weighted by atomic mass is 10.1. The molecule has 1 heterocycles. The van der Waals surface area contributed by atoms with Gasteiger partial charge in [0, 0.05) is 18.2 Å². The smallest absolute Gasteiger partial charge is 0.351 e. The third kappa shape index (κ3) is 3.87. The molecule has 0 unspecified atom stereocenters. The second-order valence-corrected chi connectivity index (χ2v) is 4.90. The van der Waals surface area contributed by atoms with Gasteiger partial charge in [0.1, 0.15) is 6.33 Å². The summed E-state index contributed by atoms with van der Waals surface area (Å²) in [5.41, 5.74) is 3.39. The number of carbonyl (C=O) groups is 1. The molecule has 0 atom stereocenters. The van der Waals surface area contributed by atoms with E-state index in [1.54, 1.807) is 18.3 Å². The van der Waals surface area contributed by atoms with Crippen molar-refractivity contribution in [2.45, 2.75) is 6.42 Å². The average molecular weight is 348 g/mol. The quantitative estimate of drug-likeness (QED) is 0.386. The lowest BCUT2D eigenvalue weighted by Crippen LogP contribution is -2.48. The summed E-state index contributed by atoms with van der Waals surface area (Å²) in [6, 6.07) is 2.88. The van der Waals surface area contributed by atoms with Crippen molar-refractivity contribution in [3.63, 3.8) is 0 Å². The van der Waals surface area contributed by atoms with E-state index in [2.05, 4.69) is 9.97 Å². The Bertz CT molecular complexity index is 730. The van der Waals surface area contributed by atoms with Crippen LogP contribution in [0.1, 0.15) is 11.1 Å². The van der Waals surface area contributed by atoms with E-state index in [0.717, 1.165) is 10.6 Å². The number of ether oxygens (including phenoxy) is 3. The molecule has 0 fully saturated rings. The molecule has 2 aromatic rings. The fourth-order valence-electron chi connectivity index (χ4n) is 2.32. The summed E-state index contributed by atoms with van der Waals surface area (Å²) in [5.74, 6) is 12.6. The van der Waals surface area contributed by atoms with Crippen molar-refractivity contribution in [2.75, 3.05) is 26.3 Å². The number of hydrazine groups is 2. The van der Waals surface area contributed by atoms with Gasteiger partial charge in [-0.15, -0.1) is 0 Å². The molecule has 10 heteroatoms. The third-order valence-corrected chi connectivity index (χ3v) is 3.45. The van der Waals surface area contributed by atoms with Crippen LogP contribution in [-0.4, -0.2) is 37.3 Å². The van der Waals surface area contributed by atoms with Gasteiger partial charge in [-0.2, -0.15) is 0 Å². The van der Waals surface area contributed by atoms with Gasteiger partial charge >= 0.3 is 6.03 Å². The van der Waals surface area contributed by atoms with E-state index in [4.69, 9.17) is 25.9 Å². The van der Waals surface area contributed by atoms with Gasteiger partial charge in [-0.05, 0) is 17.7 Å². The lowest BCUT2D eigenvalue weighted by molar-refractivity contribution is 0.246. The second kappa shape index (κ2) is 8.13. The van der Waals surface area contributed by atoms with Crippen molar-refractivity contribution in [2.24, 2.45) is 11.7 Å². The topological polar surface area (TPSA) is 138 Å². The fraction of sp³-hybridized carbons (Fsp3) is 0.267. The predicted octanol–water partition coefficient (Wildman–Crippen LogP) is 0.357. The first-order valence-corrected chi connectivity index (χ1v) is 7.18. The van der Waals surface area contributed by atoms with Crippen LogP contribution in [0.4, 0.5) is 10.6 Å². The summed E-state index contributed by atoms with van der Waals surface area (Å²) in [6.45, 7) is 0. The molecule has 25 heavy (non-hydrogen) atoms. The van der Waals surface area contributed by atoms with Crippen LogP contribution in [0.25, 0.3) is 0 Å². The van der Waals surface area contributed by atoms with Gasteiger partial charge < -0.3 is 14.2 Å². The van der Waals surface area contributed by atoms with Gasteiger partial charge in [-0.25, -0.2) is 31.5 Å². The van der Waals surface area contributed by atoms with Crippen LogP contribution in [0, 0.1) is 0 Å². The minimum Gasteiger partial charge on any atom is -0.493 e. The van der Waals surface area contributed by atoms with Gasteiger partial charge in [-0.1, -0.05) is 0 Å². The Morgan fingerprint density at radius 1 is 1.20 bits per heavy atom. The minimum atomic E-state index is -0.704. The number of hydrogen-bond acceptors (Lipinski definition) is 8. The van der Waals surface area contributed by atoms with Crippen molar-refractivity contribution >= 4 is 11.8 Å². The second-order valence-electron chi connectivity index (χ2n) is 4.90. The predicted molar refractivity (Wildman–Crippen MR) is 90.3 cm³/mol.